The molecule has 0 bridgehead atoms. The van der Waals surface area contributed by atoms with E-state index in [1.54, 1.807) is 37.3 Å². The van der Waals surface area contributed by atoms with Crippen molar-refractivity contribution in [2.24, 2.45) is 0 Å². The molecule has 21 heavy (non-hydrogen) atoms. The quantitative estimate of drug-likeness (QED) is 0.814. The zero-order valence-corrected chi connectivity index (χ0v) is 11.2. The fraction of sp³-hybridized carbons (Fsp3) is 0.286. The molecule has 0 N–H and O–H groups in total. The van der Waals surface area contributed by atoms with Gasteiger partial charge in [-0.1, -0.05) is 30.3 Å². The first kappa shape index (κ1) is 15.1. The largest absolute Gasteiger partial charge is 0.461 e. The monoisotopic (exact) mass is 298 g/mol. The minimum Gasteiger partial charge on any atom is -0.461 e. The molecule has 1 heterocycles. The lowest BCUT2D eigenvalue weighted by atomic mass is 10.1. The van der Waals surface area contributed by atoms with Gasteiger partial charge < -0.3 is 4.74 Å². The predicted octanol–water partition coefficient (Wildman–Crippen LogP) is 3.29. The van der Waals surface area contributed by atoms with Crippen LogP contribution in [0.2, 0.25) is 0 Å². The molecular formula is C14H13F3N2O2. The van der Waals surface area contributed by atoms with Gasteiger partial charge in [0.2, 0.25) is 0 Å². The summed E-state index contributed by atoms with van der Waals surface area (Å²) in [7, 11) is 0. The summed E-state index contributed by atoms with van der Waals surface area (Å²) >= 11 is 0. The molecule has 0 radical (unpaired) electrons. The van der Waals surface area contributed by atoms with Gasteiger partial charge in [-0.15, -0.1) is 0 Å². The summed E-state index contributed by atoms with van der Waals surface area (Å²) in [4.78, 5) is 11.6. The SMILES string of the molecule is CCOC(=O)c1cc(-c2ccccc2)n(CC(F)(F)F)n1. The van der Waals surface area contributed by atoms with Crippen LogP contribution in [0.15, 0.2) is 36.4 Å². The number of rotatable bonds is 4. The number of hydrogen-bond donors (Lipinski definition) is 0. The van der Waals surface area contributed by atoms with E-state index in [1.165, 1.54) is 6.07 Å². The molecule has 0 atom stereocenters. The van der Waals surface area contributed by atoms with Crippen molar-refractivity contribution in [2.45, 2.75) is 19.6 Å². The number of carbonyl (C=O) groups is 1. The van der Waals surface area contributed by atoms with Crippen LogP contribution in [-0.2, 0) is 11.3 Å². The minimum atomic E-state index is -4.43. The summed E-state index contributed by atoms with van der Waals surface area (Å²) in [6.07, 6.45) is -4.43. The highest BCUT2D eigenvalue weighted by Crippen LogP contribution is 2.25. The zero-order chi connectivity index (χ0) is 15.5. The van der Waals surface area contributed by atoms with Crippen molar-refractivity contribution < 1.29 is 22.7 Å². The molecule has 0 saturated heterocycles. The standard InChI is InChI=1S/C14H13F3N2O2/c1-2-21-13(20)11-8-12(10-6-4-3-5-7-10)19(18-11)9-14(15,16)17/h3-8H,2,9H2,1H3. The Labute approximate surface area is 119 Å². The molecule has 1 aromatic carbocycles. The Kier molecular flexibility index (Phi) is 4.30. The van der Waals surface area contributed by atoms with E-state index in [0.29, 0.717) is 5.56 Å². The van der Waals surface area contributed by atoms with Crippen molar-refractivity contribution in [3.05, 3.63) is 42.1 Å². The Morgan fingerprint density at radius 1 is 1.29 bits per heavy atom. The molecule has 0 saturated carbocycles. The molecule has 0 fully saturated rings. The summed E-state index contributed by atoms with van der Waals surface area (Å²) in [5, 5.41) is 3.71. The lowest BCUT2D eigenvalue weighted by Gasteiger charge is -2.10. The number of hydrogen-bond acceptors (Lipinski definition) is 3. The van der Waals surface area contributed by atoms with E-state index in [4.69, 9.17) is 4.74 Å². The predicted molar refractivity (Wildman–Crippen MR) is 69.7 cm³/mol. The Bertz CT molecular complexity index is 621. The maximum absolute atomic E-state index is 12.6. The normalized spacial score (nSPS) is 11.4. The van der Waals surface area contributed by atoms with Gasteiger partial charge in [0, 0.05) is 0 Å². The second kappa shape index (κ2) is 5.99. The van der Waals surface area contributed by atoms with Gasteiger partial charge in [0.25, 0.3) is 0 Å². The highest BCUT2D eigenvalue weighted by molar-refractivity contribution is 5.88. The molecular weight excluding hydrogens is 285 g/mol. The van der Waals surface area contributed by atoms with Gasteiger partial charge in [-0.3, -0.25) is 4.68 Å². The van der Waals surface area contributed by atoms with E-state index < -0.39 is 18.7 Å². The van der Waals surface area contributed by atoms with Crippen LogP contribution in [0.5, 0.6) is 0 Å². The summed E-state index contributed by atoms with van der Waals surface area (Å²) in [6.45, 7) is 0.477. The molecule has 0 unspecified atom stereocenters. The number of esters is 1. The average Bonchev–Trinajstić information content (AvgIpc) is 2.82. The van der Waals surface area contributed by atoms with E-state index in [2.05, 4.69) is 5.10 Å². The highest BCUT2D eigenvalue weighted by atomic mass is 19.4. The zero-order valence-electron chi connectivity index (χ0n) is 11.2. The number of nitrogens with zero attached hydrogens (tertiary/aromatic N) is 2. The Balaban J connectivity index is 2.43. The maximum Gasteiger partial charge on any atom is 0.408 e. The molecule has 112 valence electrons. The first-order chi connectivity index (χ1) is 9.90. The third kappa shape index (κ3) is 3.84. The Morgan fingerprint density at radius 3 is 2.52 bits per heavy atom. The molecule has 0 aliphatic carbocycles. The number of carbonyl (C=O) groups excluding carboxylic acids is 1. The smallest absolute Gasteiger partial charge is 0.408 e. The first-order valence-corrected chi connectivity index (χ1v) is 6.28. The molecule has 0 aliphatic heterocycles. The van der Waals surface area contributed by atoms with Crippen LogP contribution in [0.4, 0.5) is 13.2 Å². The van der Waals surface area contributed by atoms with Crippen molar-refractivity contribution in [1.82, 2.24) is 9.78 Å². The third-order valence-electron chi connectivity index (χ3n) is 2.66. The van der Waals surface area contributed by atoms with Gasteiger partial charge in [-0.25, -0.2) is 4.79 Å². The second-order valence-corrected chi connectivity index (χ2v) is 4.27. The molecule has 0 spiro atoms. The molecule has 0 amide bonds. The number of aromatic nitrogens is 2. The number of ether oxygens (including phenoxy) is 1. The third-order valence-corrected chi connectivity index (χ3v) is 2.66. The number of halogens is 3. The van der Waals surface area contributed by atoms with Crippen molar-refractivity contribution in [3.63, 3.8) is 0 Å². The molecule has 7 heteroatoms. The second-order valence-electron chi connectivity index (χ2n) is 4.27. The van der Waals surface area contributed by atoms with Crippen molar-refractivity contribution >= 4 is 5.97 Å². The fourth-order valence-electron chi connectivity index (χ4n) is 1.85. The Hall–Kier alpha value is -2.31. The van der Waals surface area contributed by atoms with Crippen LogP contribution in [0.25, 0.3) is 11.3 Å². The number of benzene rings is 1. The average molecular weight is 298 g/mol. The van der Waals surface area contributed by atoms with Crippen LogP contribution in [0.1, 0.15) is 17.4 Å². The molecule has 1 aromatic heterocycles. The van der Waals surface area contributed by atoms with Crippen molar-refractivity contribution in [2.75, 3.05) is 6.61 Å². The molecule has 2 rings (SSSR count). The van der Waals surface area contributed by atoms with Crippen molar-refractivity contribution in [3.8, 4) is 11.3 Å². The van der Waals surface area contributed by atoms with Gasteiger partial charge in [-0.2, -0.15) is 18.3 Å². The van der Waals surface area contributed by atoms with Gasteiger partial charge in [-0.05, 0) is 18.6 Å². The van der Waals surface area contributed by atoms with Crippen LogP contribution < -0.4 is 0 Å². The van der Waals surface area contributed by atoms with E-state index in [-0.39, 0.29) is 18.0 Å². The van der Waals surface area contributed by atoms with Crippen LogP contribution in [-0.4, -0.2) is 28.5 Å². The van der Waals surface area contributed by atoms with E-state index in [9.17, 15) is 18.0 Å². The summed E-state index contributed by atoms with van der Waals surface area (Å²) in [5.41, 5.74) is 0.626. The van der Waals surface area contributed by atoms with Gasteiger partial charge in [0.15, 0.2) is 5.69 Å². The van der Waals surface area contributed by atoms with E-state index in [1.807, 2.05) is 0 Å². The minimum absolute atomic E-state index is 0.131. The topological polar surface area (TPSA) is 44.1 Å². The molecule has 2 aromatic rings. The van der Waals surface area contributed by atoms with Crippen LogP contribution in [0, 0.1) is 0 Å². The molecule has 0 aliphatic rings. The summed E-state index contributed by atoms with van der Waals surface area (Å²) in [5.74, 6) is -0.740. The fourth-order valence-corrected chi connectivity index (χ4v) is 1.85. The Morgan fingerprint density at radius 2 is 1.95 bits per heavy atom. The van der Waals surface area contributed by atoms with Crippen molar-refractivity contribution in [1.29, 1.82) is 0 Å². The molecule has 4 nitrogen and oxygen atoms in total. The summed E-state index contributed by atoms with van der Waals surface area (Å²) in [6, 6.07) is 9.76. The maximum atomic E-state index is 12.6. The first-order valence-electron chi connectivity index (χ1n) is 6.28. The van der Waals surface area contributed by atoms with Gasteiger partial charge in [0.05, 0.1) is 12.3 Å². The van der Waals surface area contributed by atoms with Gasteiger partial charge in [0.1, 0.15) is 6.54 Å². The number of alkyl halides is 3. The highest BCUT2D eigenvalue weighted by Gasteiger charge is 2.30. The van der Waals surface area contributed by atoms with E-state index >= 15 is 0 Å². The van der Waals surface area contributed by atoms with Crippen LogP contribution in [0.3, 0.4) is 0 Å². The summed E-state index contributed by atoms with van der Waals surface area (Å²) < 4.78 is 43.4. The lowest BCUT2D eigenvalue weighted by Crippen LogP contribution is -2.20. The van der Waals surface area contributed by atoms with E-state index in [0.717, 1.165) is 4.68 Å². The van der Waals surface area contributed by atoms with Crippen LogP contribution >= 0.6 is 0 Å². The van der Waals surface area contributed by atoms with Gasteiger partial charge >= 0.3 is 12.1 Å². The lowest BCUT2D eigenvalue weighted by molar-refractivity contribution is -0.142.